The third-order valence-corrected chi connectivity index (χ3v) is 2.07. The van der Waals surface area contributed by atoms with E-state index in [1.807, 2.05) is 24.3 Å². The summed E-state index contributed by atoms with van der Waals surface area (Å²) < 4.78 is 0. The van der Waals surface area contributed by atoms with Gasteiger partial charge in [0.1, 0.15) is 5.69 Å². The average molecular weight is 193 g/mol. The second kappa shape index (κ2) is 5.40. The van der Waals surface area contributed by atoms with Gasteiger partial charge in [-0.05, 0) is 30.5 Å². The fourth-order valence-electron chi connectivity index (χ4n) is 1.26. The molecule has 0 saturated heterocycles. The Morgan fingerprint density at radius 3 is 2.50 bits per heavy atom. The van der Waals surface area contributed by atoms with E-state index in [1.165, 1.54) is 5.56 Å². The molecule has 0 aliphatic carbocycles. The van der Waals surface area contributed by atoms with E-state index in [9.17, 15) is 4.79 Å². The zero-order valence-electron chi connectivity index (χ0n) is 8.07. The van der Waals surface area contributed by atoms with Gasteiger partial charge in [-0.1, -0.05) is 12.1 Å². The first-order valence-corrected chi connectivity index (χ1v) is 4.65. The molecule has 3 N–H and O–H groups in total. The number of quaternary nitrogens is 1. The Kier molecular flexibility index (Phi) is 4.13. The van der Waals surface area contributed by atoms with Crippen LogP contribution in [0.3, 0.4) is 0 Å². The van der Waals surface area contributed by atoms with Gasteiger partial charge < -0.3 is 10.4 Å². The van der Waals surface area contributed by atoms with E-state index in [0.717, 1.165) is 12.1 Å². The molecule has 0 fully saturated rings. The summed E-state index contributed by atoms with van der Waals surface area (Å²) in [6, 6.07) is 8.00. The summed E-state index contributed by atoms with van der Waals surface area (Å²) >= 11 is 0. The van der Waals surface area contributed by atoms with Crippen LogP contribution in [0.2, 0.25) is 0 Å². The van der Waals surface area contributed by atoms with Crippen molar-refractivity contribution in [3.8, 4) is 0 Å². The van der Waals surface area contributed by atoms with Crippen molar-refractivity contribution in [2.75, 3.05) is 0 Å². The first-order valence-electron chi connectivity index (χ1n) is 4.65. The molecule has 0 aromatic heterocycles. The Morgan fingerprint density at radius 2 is 2.00 bits per heavy atom. The summed E-state index contributed by atoms with van der Waals surface area (Å²) in [5.41, 5.74) is 2.27. The summed E-state index contributed by atoms with van der Waals surface area (Å²) in [5.74, 6) is -0.729. The van der Waals surface area contributed by atoms with Crippen molar-refractivity contribution in [1.82, 2.24) is 0 Å². The highest BCUT2D eigenvalue weighted by molar-refractivity contribution is 5.66. The van der Waals surface area contributed by atoms with Crippen LogP contribution < -0.4 is 5.32 Å². The Labute approximate surface area is 83.8 Å². The number of carboxylic acids is 1. The lowest BCUT2D eigenvalue weighted by atomic mass is 10.1. The Balaban J connectivity index is 2.40. The van der Waals surface area contributed by atoms with Gasteiger partial charge >= 0.3 is 5.97 Å². The van der Waals surface area contributed by atoms with Gasteiger partial charge in [-0.2, -0.15) is 0 Å². The van der Waals surface area contributed by atoms with Crippen LogP contribution in [0.25, 0.3) is 0 Å². The summed E-state index contributed by atoms with van der Waals surface area (Å²) in [7, 11) is 3.67. The number of carbonyl (C=O) groups is 1. The highest BCUT2D eigenvalue weighted by atomic mass is 16.4. The Morgan fingerprint density at radius 1 is 1.36 bits per heavy atom. The van der Waals surface area contributed by atoms with Crippen molar-refractivity contribution < 1.29 is 15.2 Å². The average Bonchev–Trinajstić information content (AvgIpc) is 2.18. The molecule has 0 amide bonds. The second-order valence-electron chi connectivity index (χ2n) is 3.19. The maximum Gasteiger partial charge on any atom is 0.303 e. The number of nitrogens with two attached hydrogens (primary N) is 1. The molecule has 0 aliphatic heterocycles. The molecule has 0 radical (unpaired) electrons. The Hall–Kier alpha value is -1.35. The molecule has 0 saturated carbocycles. The molecule has 3 nitrogen and oxygen atoms in total. The lowest BCUT2D eigenvalue weighted by Gasteiger charge is -2.02. The van der Waals surface area contributed by atoms with Gasteiger partial charge in [0.05, 0.1) is 0 Å². The molecular weight excluding hydrogens is 178 g/mol. The highest BCUT2D eigenvalue weighted by Gasteiger charge is 1.98. The van der Waals surface area contributed by atoms with Crippen molar-refractivity contribution in [2.24, 2.45) is 0 Å². The molecule has 76 valence electrons. The van der Waals surface area contributed by atoms with Crippen LogP contribution in [0.1, 0.15) is 18.4 Å². The number of hydrogen-bond acceptors (Lipinski definition) is 1. The second-order valence-corrected chi connectivity index (χ2v) is 3.19. The number of aryl methyl sites for hydroxylation is 1. The quantitative estimate of drug-likeness (QED) is 0.543. The summed E-state index contributed by atoms with van der Waals surface area (Å²) in [5, 5.41) is 10.3. The number of aliphatic carboxylic acids is 1. The number of benzene rings is 1. The van der Waals surface area contributed by atoms with E-state index < -0.39 is 5.97 Å². The highest BCUT2D eigenvalue weighted by Crippen LogP contribution is 2.07. The van der Waals surface area contributed by atoms with Crippen LogP contribution in [-0.2, 0) is 11.2 Å². The van der Waals surface area contributed by atoms with E-state index in [-0.39, 0.29) is 6.42 Å². The molecule has 1 aromatic carbocycles. The van der Waals surface area contributed by atoms with Crippen LogP contribution in [0.4, 0.5) is 5.69 Å². The minimum atomic E-state index is -0.729. The summed E-state index contributed by atoms with van der Waals surface area (Å²) in [6.07, 6.45) is 1.76. The minimum Gasteiger partial charge on any atom is -0.481 e. The van der Waals surface area contributed by atoms with Crippen LogP contribution in [0.5, 0.6) is 0 Å². The fraction of sp³-hybridized carbons (Fsp3) is 0.273. The molecule has 0 atom stereocenters. The fourth-order valence-corrected chi connectivity index (χ4v) is 1.26. The molecule has 1 aromatic rings. The lowest BCUT2D eigenvalue weighted by molar-refractivity contribution is -0.504. The van der Waals surface area contributed by atoms with Gasteiger partial charge in [-0.25, -0.2) is 0 Å². The zero-order valence-corrected chi connectivity index (χ0v) is 8.07. The van der Waals surface area contributed by atoms with Gasteiger partial charge in [0.2, 0.25) is 0 Å². The third-order valence-electron chi connectivity index (χ3n) is 2.07. The zero-order chi connectivity index (χ0) is 10.4. The molecule has 0 bridgehead atoms. The summed E-state index contributed by atoms with van der Waals surface area (Å²) in [6.45, 7) is 0. The predicted molar refractivity (Wildman–Crippen MR) is 54.0 cm³/mol. The molecule has 0 heterocycles. The smallest absolute Gasteiger partial charge is 0.303 e. The third kappa shape index (κ3) is 3.58. The molecule has 0 aliphatic rings. The lowest BCUT2D eigenvalue weighted by Crippen LogP contribution is -2.69. The van der Waals surface area contributed by atoms with Gasteiger partial charge in [0.25, 0.3) is 0 Å². The van der Waals surface area contributed by atoms with Crippen molar-refractivity contribution in [2.45, 2.75) is 19.3 Å². The maximum atomic E-state index is 10.3. The molecule has 14 heavy (non-hydrogen) atoms. The van der Waals surface area contributed by atoms with Gasteiger partial charge in [-0.3, -0.25) is 4.79 Å². The summed E-state index contributed by atoms with van der Waals surface area (Å²) in [4.78, 5) is 10.3. The molecular formula is C11H15NO2. The first kappa shape index (κ1) is 10.7. The number of rotatable bonds is 5. The Bertz CT molecular complexity index is 293. The predicted octanol–water partition coefficient (Wildman–Crippen LogP) is 1.08. The van der Waals surface area contributed by atoms with Gasteiger partial charge in [0.15, 0.2) is 0 Å². The van der Waals surface area contributed by atoms with Crippen LogP contribution in [0.15, 0.2) is 24.3 Å². The van der Waals surface area contributed by atoms with Gasteiger partial charge in [-0.15, -0.1) is 7.05 Å². The molecule has 0 spiro atoms. The molecule has 1 rings (SSSR count). The normalized spacial score (nSPS) is 10.1. The topological polar surface area (TPSA) is 53.9 Å². The van der Waals surface area contributed by atoms with Crippen molar-refractivity contribution in [3.05, 3.63) is 36.9 Å². The van der Waals surface area contributed by atoms with Crippen LogP contribution >= 0.6 is 0 Å². The maximum absolute atomic E-state index is 10.3. The largest absolute Gasteiger partial charge is 0.481 e. The van der Waals surface area contributed by atoms with Crippen LogP contribution in [0, 0.1) is 7.05 Å². The molecule has 3 heteroatoms. The standard InChI is InChI=1S/C11H15NO2/c1-12-10-7-5-9(6-8-10)3-2-4-11(13)14/h5-8H,1-4,12H2,(H,13,14). The minimum absolute atomic E-state index is 0.239. The monoisotopic (exact) mass is 193 g/mol. The number of hydrogen-bond donors (Lipinski definition) is 2. The SMILES string of the molecule is [CH2-][NH2+]c1ccc(CCCC(=O)O)cc1. The van der Waals surface area contributed by atoms with Crippen LogP contribution in [-0.4, -0.2) is 11.1 Å². The van der Waals surface area contributed by atoms with Crippen molar-refractivity contribution >= 4 is 11.7 Å². The number of carboxylic acid groups (broad SMARTS) is 1. The molecule has 0 unspecified atom stereocenters. The first-order chi connectivity index (χ1) is 6.72. The van der Waals surface area contributed by atoms with E-state index in [2.05, 4.69) is 7.05 Å². The van der Waals surface area contributed by atoms with Crippen molar-refractivity contribution in [1.29, 1.82) is 0 Å². The van der Waals surface area contributed by atoms with Gasteiger partial charge in [0, 0.05) is 6.42 Å². The van der Waals surface area contributed by atoms with E-state index in [1.54, 1.807) is 5.32 Å². The van der Waals surface area contributed by atoms with Crippen molar-refractivity contribution in [3.63, 3.8) is 0 Å². The van der Waals surface area contributed by atoms with E-state index >= 15 is 0 Å². The van der Waals surface area contributed by atoms with E-state index in [0.29, 0.717) is 6.42 Å². The van der Waals surface area contributed by atoms with E-state index in [4.69, 9.17) is 5.11 Å².